The van der Waals surface area contributed by atoms with Crippen LogP contribution in [-0.4, -0.2) is 28.7 Å². The first-order valence-electron chi connectivity index (χ1n) is 8.16. The normalized spacial score (nSPS) is 18.3. The summed E-state index contributed by atoms with van der Waals surface area (Å²) in [5.74, 6) is -0.504. The Morgan fingerprint density at radius 1 is 1.39 bits per heavy atom. The lowest BCUT2D eigenvalue weighted by atomic mass is 9.99. The van der Waals surface area contributed by atoms with Gasteiger partial charge in [0.2, 0.25) is 5.43 Å². The van der Waals surface area contributed by atoms with Crippen LogP contribution in [0.2, 0.25) is 0 Å². The van der Waals surface area contributed by atoms with Crippen LogP contribution in [0.15, 0.2) is 29.2 Å². The molecular formula is C18H22N2O3. The topological polar surface area (TPSA) is 62.5 Å². The molecule has 1 aromatic carbocycles. The van der Waals surface area contributed by atoms with Crippen LogP contribution in [0.25, 0.3) is 10.9 Å². The van der Waals surface area contributed by atoms with Gasteiger partial charge in [0, 0.05) is 36.9 Å². The molecule has 5 heteroatoms. The lowest BCUT2D eigenvalue weighted by molar-refractivity contribution is 0.0695. The number of nitrogens with zero attached hydrogens (tertiary/aromatic N) is 2. The quantitative estimate of drug-likeness (QED) is 0.946. The van der Waals surface area contributed by atoms with E-state index in [-0.39, 0.29) is 5.56 Å². The fraction of sp³-hybridized carbons (Fsp3) is 0.444. The van der Waals surface area contributed by atoms with Crippen LogP contribution in [0.4, 0.5) is 5.69 Å². The maximum Gasteiger partial charge on any atom is 0.341 e. The van der Waals surface area contributed by atoms with Crippen molar-refractivity contribution in [3.8, 4) is 0 Å². The van der Waals surface area contributed by atoms with E-state index in [4.69, 9.17) is 0 Å². The fourth-order valence-corrected chi connectivity index (χ4v) is 3.41. The van der Waals surface area contributed by atoms with Gasteiger partial charge in [-0.3, -0.25) is 4.79 Å². The van der Waals surface area contributed by atoms with Gasteiger partial charge in [-0.05, 0) is 43.9 Å². The van der Waals surface area contributed by atoms with E-state index in [2.05, 4.69) is 11.8 Å². The average molecular weight is 314 g/mol. The number of pyridine rings is 1. The van der Waals surface area contributed by atoms with Crippen LogP contribution in [0, 0.1) is 5.92 Å². The van der Waals surface area contributed by atoms with Gasteiger partial charge in [0.1, 0.15) is 5.56 Å². The molecule has 0 radical (unpaired) electrons. The van der Waals surface area contributed by atoms with Crippen molar-refractivity contribution in [2.45, 2.75) is 33.2 Å². The molecule has 122 valence electrons. The van der Waals surface area contributed by atoms with Gasteiger partial charge in [-0.1, -0.05) is 6.92 Å². The lowest BCUT2D eigenvalue weighted by Crippen LogP contribution is -2.34. The third-order valence-electron chi connectivity index (χ3n) is 4.66. The Balaban J connectivity index is 2.14. The first-order valence-corrected chi connectivity index (χ1v) is 8.16. The second-order valence-electron chi connectivity index (χ2n) is 6.36. The van der Waals surface area contributed by atoms with Crippen molar-refractivity contribution in [2.75, 3.05) is 18.0 Å². The molecule has 1 fully saturated rings. The largest absolute Gasteiger partial charge is 0.477 e. The number of aromatic nitrogens is 1. The zero-order valence-electron chi connectivity index (χ0n) is 13.6. The Labute approximate surface area is 135 Å². The molecule has 0 aliphatic carbocycles. The number of piperidine rings is 1. The minimum absolute atomic E-state index is 0.168. The van der Waals surface area contributed by atoms with Crippen molar-refractivity contribution in [1.82, 2.24) is 4.57 Å². The molecule has 1 aromatic heterocycles. The van der Waals surface area contributed by atoms with Crippen molar-refractivity contribution in [3.05, 3.63) is 40.2 Å². The van der Waals surface area contributed by atoms with Gasteiger partial charge >= 0.3 is 5.97 Å². The van der Waals surface area contributed by atoms with Gasteiger partial charge in [0.15, 0.2) is 0 Å². The summed E-state index contributed by atoms with van der Waals surface area (Å²) in [5.41, 5.74) is 1.33. The molecule has 3 rings (SSSR count). The number of benzene rings is 1. The van der Waals surface area contributed by atoms with Gasteiger partial charge < -0.3 is 14.6 Å². The number of carboxylic acid groups (broad SMARTS) is 1. The van der Waals surface area contributed by atoms with Crippen molar-refractivity contribution < 1.29 is 9.90 Å². The third kappa shape index (κ3) is 2.83. The second-order valence-corrected chi connectivity index (χ2v) is 6.36. The number of anilines is 1. The number of carbonyl (C=O) groups is 1. The molecule has 1 saturated heterocycles. The number of fused-ring (bicyclic) bond motifs is 1. The van der Waals surface area contributed by atoms with Crippen molar-refractivity contribution in [2.24, 2.45) is 5.92 Å². The monoisotopic (exact) mass is 314 g/mol. The number of carboxylic acids is 1. The van der Waals surface area contributed by atoms with E-state index in [1.54, 1.807) is 6.07 Å². The minimum Gasteiger partial charge on any atom is -0.477 e. The Kier molecular flexibility index (Phi) is 4.11. The molecule has 1 N–H and O–H groups in total. The van der Waals surface area contributed by atoms with E-state index in [0.29, 0.717) is 17.8 Å². The van der Waals surface area contributed by atoms with E-state index in [1.807, 2.05) is 23.6 Å². The average Bonchev–Trinajstić information content (AvgIpc) is 2.54. The SMILES string of the molecule is CCn1cc(C(=O)O)c(=O)c2ccc(N3CCCC(C)C3)cc21. The Morgan fingerprint density at radius 2 is 2.17 bits per heavy atom. The van der Waals surface area contributed by atoms with Gasteiger partial charge in [0.25, 0.3) is 0 Å². The summed E-state index contributed by atoms with van der Waals surface area (Å²) in [6.07, 6.45) is 3.89. The highest BCUT2D eigenvalue weighted by Crippen LogP contribution is 2.26. The van der Waals surface area contributed by atoms with Gasteiger partial charge in [-0.25, -0.2) is 4.79 Å². The third-order valence-corrected chi connectivity index (χ3v) is 4.66. The first kappa shape index (κ1) is 15.6. The zero-order valence-corrected chi connectivity index (χ0v) is 13.6. The summed E-state index contributed by atoms with van der Waals surface area (Å²) in [5, 5.41) is 9.68. The van der Waals surface area contributed by atoms with Crippen LogP contribution < -0.4 is 10.3 Å². The summed E-state index contributed by atoms with van der Waals surface area (Å²) in [6, 6.07) is 5.72. The number of aromatic carboxylic acids is 1. The number of hydrogen-bond acceptors (Lipinski definition) is 3. The number of hydrogen-bond donors (Lipinski definition) is 1. The lowest BCUT2D eigenvalue weighted by Gasteiger charge is -2.33. The fourth-order valence-electron chi connectivity index (χ4n) is 3.41. The number of aryl methyl sites for hydroxylation is 1. The zero-order chi connectivity index (χ0) is 16.6. The van der Waals surface area contributed by atoms with Crippen LogP contribution >= 0.6 is 0 Å². The summed E-state index contributed by atoms with van der Waals surface area (Å²) >= 11 is 0. The molecule has 1 aliphatic heterocycles. The molecule has 23 heavy (non-hydrogen) atoms. The van der Waals surface area contributed by atoms with Crippen LogP contribution in [0.3, 0.4) is 0 Å². The molecule has 0 saturated carbocycles. The van der Waals surface area contributed by atoms with E-state index >= 15 is 0 Å². The smallest absolute Gasteiger partial charge is 0.341 e. The molecule has 1 unspecified atom stereocenters. The molecule has 0 bridgehead atoms. The molecule has 0 amide bonds. The predicted molar refractivity (Wildman–Crippen MR) is 91.5 cm³/mol. The van der Waals surface area contributed by atoms with Crippen molar-refractivity contribution in [1.29, 1.82) is 0 Å². The Hall–Kier alpha value is -2.30. The minimum atomic E-state index is -1.17. The maximum absolute atomic E-state index is 12.4. The molecule has 1 aliphatic rings. The van der Waals surface area contributed by atoms with Crippen LogP contribution in [0.1, 0.15) is 37.0 Å². The maximum atomic E-state index is 12.4. The first-order chi connectivity index (χ1) is 11.0. The molecule has 0 spiro atoms. The van der Waals surface area contributed by atoms with Gasteiger partial charge in [-0.15, -0.1) is 0 Å². The van der Waals surface area contributed by atoms with Gasteiger partial charge in [0.05, 0.1) is 5.52 Å². The predicted octanol–water partition coefficient (Wildman–Crippen LogP) is 2.96. The molecule has 1 atom stereocenters. The highest BCUT2D eigenvalue weighted by atomic mass is 16.4. The highest BCUT2D eigenvalue weighted by Gasteiger charge is 2.19. The summed E-state index contributed by atoms with van der Waals surface area (Å²) in [7, 11) is 0. The van der Waals surface area contributed by atoms with Crippen LogP contribution in [-0.2, 0) is 6.54 Å². The van der Waals surface area contributed by atoms with E-state index in [0.717, 1.165) is 24.3 Å². The second kappa shape index (κ2) is 6.07. The summed E-state index contributed by atoms with van der Waals surface area (Å²) < 4.78 is 1.84. The van der Waals surface area contributed by atoms with Crippen LogP contribution in [0.5, 0.6) is 0 Å². The Bertz CT molecular complexity index is 810. The molecule has 5 nitrogen and oxygen atoms in total. The van der Waals surface area contributed by atoms with Crippen molar-refractivity contribution in [3.63, 3.8) is 0 Å². The molecule has 2 heterocycles. The van der Waals surface area contributed by atoms with E-state index in [9.17, 15) is 14.7 Å². The number of rotatable bonds is 3. The molecule has 2 aromatic rings. The Morgan fingerprint density at radius 3 is 2.83 bits per heavy atom. The highest BCUT2D eigenvalue weighted by molar-refractivity contribution is 5.93. The van der Waals surface area contributed by atoms with E-state index in [1.165, 1.54) is 19.0 Å². The van der Waals surface area contributed by atoms with E-state index < -0.39 is 11.4 Å². The molecular weight excluding hydrogens is 292 g/mol. The van der Waals surface area contributed by atoms with Gasteiger partial charge in [-0.2, -0.15) is 0 Å². The van der Waals surface area contributed by atoms with Crippen molar-refractivity contribution >= 4 is 22.6 Å². The summed E-state index contributed by atoms with van der Waals surface area (Å²) in [6.45, 7) is 6.88. The summed E-state index contributed by atoms with van der Waals surface area (Å²) in [4.78, 5) is 26.0. The standard InChI is InChI=1S/C18H22N2O3/c1-3-19-11-15(18(22)23)17(21)14-7-6-13(9-16(14)19)20-8-4-5-12(2)10-20/h6-7,9,11-12H,3-5,8,10H2,1-2H3,(H,22,23).